The van der Waals surface area contributed by atoms with Crippen molar-refractivity contribution in [2.75, 3.05) is 13.1 Å². The van der Waals surface area contributed by atoms with Crippen LogP contribution in [0, 0.1) is 5.82 Å². The van der Waals surface area contributed by atoms with E-state index in [0.29, 0.717) is 28.0 Å². The van der Waals surface area contributed by atoms with Crippen LogP contribution < -0.4 is 0 Å². The van der Waals surface area contributed by atoms with Crippen molar-refractivity contribution in [3.8, 4) is 0 Å². The van der Waals surface area contributed by atoms with Crippen LogP contribution in [-0.4, -0.2) is 23.9 Å². The van der Waals surface area contributed by atoms with Crippen LogP contribution >= 0.6 is 27.5 Å². The van der Waals surface area contributed by atoms with Crippen molar-refractivity contribution in [3.63, 3.8) is 0 Å². The van der Waals surface area contributed by atoms with Crippen molar-refractivity contribution >= 4 is 27.5 Å². The van der Waals surface area contributed by atoms with E-state index >= 15 is 0 Å². The molecular formula is C12H12BrClF3N. The second-order valence-electron chi connectivity index (χ2n) is 4.53. The SMILES string of the molecule is Fc1cc(Br)c(Cl)cc1CN1CCCC(F)(F)C1. The highest BCUT2D eigenvalue weighted by molar-refractivity contribution is 9.10. The van der Waals surface area contributed by atoms with Crippen molar-refractivity contribution in [1.82, 2.24) is 4.90 Å². The van der Waals surface area contributed by atoms with Gasteiger partial charge in [0.1, 0.15) is 5.82 Å². The topological polar surface area (TPSA) is 3.24 Å². The Hall–Kier alpha value is -0.260. The predicted molar refractivity (Wildman–Crippen MR) is 68.6 cm³/mol. The highest BCUT2D eigenvalue weighted by atomic mass is 79.9. The number of alkyl halides is 2. The highest BCUT2D eigenvalue weighted by Gasteiger charge is 2.35. The van der Waals surface area contributed by atoms with Gasteiger partial charge in [0, 0.05) is 23.0 Å². The van der Waals surface area contributed by atoms with Gasteiger partial charge in [-0.3, -0.25) is 4.90 Å². The molecule has 0 aliphatic carbocycles. The highest BCUT2D eigenvalue weighted by Crippen LogP contribution is 2.30. The van der Waals surface area contributed by atoms with E-state index in [1.807, 2.05) is 0 Å². The normalized spacial score (nSPS) is 20.1. The summed E-state index contributed by atoms with van der Waals surface area (Å²) >= 11 is 9.00. The molecule has 0 bridgehead atoms. The van der Waals surface area contributed by atoms with Gasteiger partial charge in [-0.25, -0.2) is 13.2 Å². The number of hydrogen-bond acceptors (Lipinski definition) is 1. The number of hydrogen-bond donors (Lipinski definition) is 0. The van der Waals surface area contributed by atoms with Gasteiger partial charge in [0.2, 0.25) is 0 Å². The van der Waals surface area contributed by atoms with Crippen LogP contribution in [-0.2, 0) is 6.54 Å². The van der Waals surface area contributed by atoms with Gasteiger partial charge in [-0.05, 0) is 41.0 Å². The van der Waals surface area contributed by atoms with E-state index < -0.39 is 11.7 Å². The minimum Gasteiger partial charge on any atom is -0.293 e. The summed E-state index contributed by atoms with van der Waals surface area (Å²) in [5, 5.41) is 0.384. The van der Waals surface area contributed by atoms with Gasteiger partial charge in [0.25, 0.3) is 5.92 Å². The molecule has 18 heavy (non-hydrogen) atoms. The molecule has 1 nitrogen and oxygen atoms in total. The Bertz CT molecular complexity index is 453. The number of piperidine rings is 1. The zero-order chi connectivity index (χ0) is 13.3. The molecular weight excluding hydrogens is 330 g/mol. The third-order valence-electron chi connectivity index (χ3n) is 2.96. The van der Waals surface area contributed by atoms with E-state index in [9.17, 15) is 13.2 Å². The average molecular weight is 343 g/mol. The lowest BCUT2D eigenvalue weighted by Gasteiger charge is -2.32. The second kappa shape index (κ2) is 5.39. The van der Waals surface area contributed by atoms with Gasteiger partial charge in [0.05, 0.1) is 11.6 Å². The molecule has 0 aromatic heterocycles. The van der Waals surface area contributed by atoms with Crippen LogP contribution in [0.15, 0.2) is 16.6 Å². The summed E-state index contributed by atoms with van der Waals surface area (Å²) in [7, 11) is 0. The Balaban J connectivity index is 2.12. The molecule has 1 aromatic rings. The third kappa shape index (κ3) is 3.39. The van der Waals surface area contributed by atoms with Gasteiger partial charge >= 0.3 is 0 Å². The first-order valence-electron chi connectivity index (χ1n) is 5.61. The molecule has 6 heteroatoms. The minimum absolute atomic E-state index is 0.0902. The van der Waals surface area contributed by atoms with Gasteiger partial charge in [-0.2, -0.15) is 0 Å². The van der Waals surface area contributed by atoms with Gasteiger partial charge in [-0.1, -0.05) is 11.6 Å². The summed E-state index contributed by atoms with van der Waals surface area (Å²) in [5.41, 5.74) is 0.348. The molecule has 0 radical (unpaired) electrons. The van der Waals surface area contributed by atoms with E-state index in [4.69, 9.17) is 11.6 Å². The molecule has 0 N–H and O–H groups in total. The van der Waals surface area contributed by atoms with Crippen molar-refractivity contribution in [2.45, 2.75) is 25.3 Å². The quantitative estimate of drug-likeness (QED) is 0.717. The van der Waals surface area contributed by atoms with Crippen LogP contribution in [0.2, 0.25) is 5.02 Å². The van der Waals surface area contributed by atoms with Crippen LogP contribution in [0.25, 0.3) is 0 Å². The molecule has 0 saturated carbocycles. The van der Waals surface area contributed by atoms with E-state index in [-0.39, 0.29) is 19.5 Å². The van der Waals surface area contributed by atoms with Crippen molar-refractivity contribution < 1.29 is 13.2 Å². The molecule has 1 fully saturated rings. The molecule has 1 aromatic carbocycles. The Morgan fingerprint density at radius 3 is 2.78 bits per heavy atom. The number of likely N-dealkylation sites (tertiary alicyclic amines) is 1. The average Bonchev–Trinajstić information content (AvgIpc) is 2.24. The maximum atomic E-state index is 13.7. The summed E-state index contributed by atoms with van der Waals surface area (Å²) in [6.07, 6.45) is 0.339. The Kier molecular flexibility index (Phi) is 4.24. The molecule has 0 amide bonds. The maximum absolute atomic E-state index is 13.7. The molecule has 2 rings (SSSR count). The van der Waals surface area contributed by atoms with Gasteiger partial charge in [0.15, 0.2) is 0 Å². The molecule has 0 atom stereocenters. The molecule has 1 aliphatic rings. The lowest BCUT2D eigenvalue weighted by atomic mass is 10.1. The summed E-state index contributed by atoms with van der Waals surface area (Å²) in [6.45, 7) is 0.400. The zero-order valence-corrected chi connectivity index (χ0v) is 11.9. The number of benzene rings is 1. The summed E-state index contributed by atoms with van der Waals surface area (Å²) in [5.74, 6) is -3.10. The Labute approximate surface area is 117 Å². The summed E-state index contributed by atoms with van der Waals surface area (Å²) in [4.78, 5) is 1.56. The second-order valence-corrected chi connectivity index (χ2v) is 5.79. The first-order valence-corrected chi connectivity index (χ1v) is 6.78. The van der Waals surface area contributed by atoms with Crippen molar-refractivity contribution in [1.29, 1.82) is 0 Å². The zero-order valence-electron chi connectivity index (χ0n) is 9.53. The smallest absolute Gasteiger partial charge is 0.260 e. The fraction of sp³-hybridized carbons (Fsp3) is 0.500. The van der Waals surface area contributed by atoms with Crippen LogP contribution in [0.3, 0.4) is 0 Å². The molecule has 0 spiro atoms. The summed E-state index contributed by atoms with van der Waals surface area (Å²) < 4.78 is 40.6. The first-order chi connectivity index (χ1) is 8.37. The fourth-order valence-electron chi connectivity index (χ4n) is 2.11. The van der Waals surface area contributed by atoms with Crippen LogP contribution in [0.1, 0.15) is 18.4 Å². The largest absolute Gasteiger partial charge is 0.293 e. The van der Waals surface area contributed by atoms with E-state index in [1.165, 1.54) is 12.1 Å². The lowest BCUT2D eigenvalue weighted by Crippen LogP contribution is -2.42. The minimum atomic E-state index is -2.67. The number of rotatable bonds is 2. The van der Waals surface area contributed by atoms with Gasteiger partial charge in [-0.15, -0.1) is 0 Å². The van der Waals surface area contributed by atoms with Crippen LogP contribution in [0.4, 0.5) is 13.2 Å². The maximum Gasteiger partial charge on any atom is 0.260 e. The Morgan fingerprint density at radius 2 is 2.11 bits per heavy atom. The van der Waals surface area contributed by atoms with Crippen LogP contribution in [0.5, 0.6) is 0 Å². The molecule has 100 valence electrons. The standard InChI is InChI=1S/C12H12BrClF3N/c13-9-5-11(15)8(4-10(9)14)6-18-3-1-2-12(16,17)7-18/h4-5H,1-3,6-7H2. The van der Waals surface area contributed by atoms with Gasteiger partial charge < -0.3 is 0 Å². The molecule has 1 heterocycles. The van der Waals surface area contributed by atoms with E-state index in [2.05, 4.69) is 15.9 Å². The first kappa shape index (κ1) is 14.2. The van der Waals surface area contributed by atoms with E-state index in [1.54, 1.807) is 4.90 Å². The third-order valence-corrected chi connectivity index (χ3v) is 4.15. The lowest BCUT2D eigenvalue weighted by molar-refractivity contribution is -0.0663. The molecule has 1 aliphatic heterocycles. The predicted octanol–water partition coefficient (Wildman–Crippen LogP) is 4.47. The molecule has 1 saturated heterocycles. The van der Waals surface area contributed by atoms with Crippen molar-refractivity contribution in [2.24, 2.45) is 0 Å². The van der Waals surface area contributed by atoms with Crippen molar-refractivity contribution in [3.05, 3.63) is 33.0 Å². The summed E-state index contributed by atoms with van der Waals surface area (Å²) in [6, 6.07) is 2.74. The Morgan fingerprint density at radius 1 is 1.39 bits per heavy atom. The van der Waals surface area contributed by atoms with E-state index in [0.717, 1.165) is 0 Å². The fourth-order valence-corrected chi connectivity index (χ4v) is 2.61. The monoisotopic (exact) mass is 341 g/mol. The number of halogens is 5. The molecule has 0 unspecified atom stereocenters. The number of nitrogens with zero attached hydrogens (tertiary/aromatic N) is 1.